The molecule has 1 aliphatic carbocycles. The lowest BCUT2D eigenvalue weighted by Crippen LogP contribution is -2.14. The normalized spacial score (nSPS) is 14.4. The average molecular weight is 576 g/mol. The maximum absolute atomic E-state index is 4.99. The minimum atomic E-state index is -0.0693. The molecule has 1 aliphatic heterocycles. The molecule has 0 saturated carbocycles. The summed E-state index contributed by atoms with van der Waals surface area (Å²) in [6.07, 6.45) is 3.90. The summed E-state index contributed by atoms with van der Waals surface area (Å²) >= 11 is 3.70. The molecule has 3 heterocycles. The van der Waals surface area contributed by atoms with Gasteiger partial charge in [0.2, 0.25) is 5.95 Å². The molecule has 7 aromatic rings. The topological polar surface area (TPSA) is 30.7 Å². The summed E-state index contributed by atoms with van der Waals surface area (Å²) in [5, 5.41) is 2.48. The fourth-order valence-corrected chi connectivity index (χ4v) is 9.08. The van der Waals surface area contributed by atoms with Gasteiger partial charge >= 0.3 is 0 Å². The van der Waals surface area contributed by atoms with E-state index in [0.717, 1.165) is 16.6 Å². The number of aromatic nitrogens is 3. The summed E-state index contributed by atoms with van der Waals surface area (Å²) in [4.78, 5) is 15.1. The van der Waals surface area contributed by atoms with E-state index in [1.807, 2.05) is 42.0 Å². The highest BCUT2D eigenvalue weighted by atomic mass is 32.2. The Morgan fingerprint density at radius 3 is 2.12 bits per heavy atom. The van der Waals surface area contributed by atoms with Gasteiger partial charge in [-0.2, -0.15) is 0 Å². The van der Waals surface area contributed by atoms with Crippen LogP contribution in [0.2, 0.25) is 0 Å². The molecule has 2 aliphatic rings. The Kier molecular flexibility index (Phi) is 5.11. The Morgan fingerprint density at radius 2 is 1.31 bits per heavy atom. The number of hydrogen-bond donors (Lipinski definition) is 0. The quantitative estimate of drug-likeness (QED) is 0.205. The van der Waals surface area contributed by atoms with Crippen LogP contribution in [0.3, 0.4) is 0 Å². The molecule has 0 amide bonds. The first-order valence-corrected chi connectivity index (χ1v) is 15.8. The largest absolute Gasteiger partial charge is 0.277 e. The standard InChI is InChI=1S/C37H25N3S2/c1-37(2)28-13-7-6-12-24(28)26-19-30-27(18-29(26)37)25-16-17-33-35(42-32-15-9-8-14-31(32)41-33)34(25)40(30)36-38-20-23(21-39-36)22-10-4-3-5-11-22/h3-21H,1-2H3. The summed E-state index contributed by atoms with van der Waals surface area (Å²) in [5.41, 5.74) is 9.75. The molecule has 200 valence electrons. The summed E-state index contributed by atoms with van der Waals surface area (Å²) in [6, 6.07) is 37.3. The zero-order chi connectivity index (χ0) is 28.0. The van der Waals surface area contributed by atoms with E-state index in [-0.39, 0.29) is 5.41 Å². The monoisotopic (exact) mass is 575 g/mol. The van der Waals surface area contributed by atoms with Crippen LogP contribution in [0, 0.1) is 0 Å². The van der Waals surface area contributed by atoms with E-state index in [1.165, 1.54) is 58.1 Å². The smallest absolute Gasteiger partial charge is 0.234 e. The van der Waals surface area contributed by atoms with E-state index in [2.05, 4.69) is 115 Å². The summed E-state index contributed by atoms with van der Waals surface area (Å²) < 4.78 is 2.30. The van der Waals surface area contributed by atoms with Gasteiger partial charge in [-0.3, -0.25) is 4.57 Å². The summed E-state index contributed by atoms with van der Waals surface area (Å²) in [6.45, 7) is 4.69. The van der Waals surface area contributed by atoms with Crippen molar-refractivity contribution in [2.45, 2.75) is 38.8 Å². The van der Waals surface area contributed by atoms with Gasteiger partial charge < -0.3 is 0 Å². The number of rotatable bonds is 2. The van der Waals surface area contributed by atoms with Crippen LogP contribution in [0.15, 0.2) is 135 Å². The maximum Gasteiger partial charge on any atom is 0.234 e. The second kappa shape index (κ2) is 8.84. The van der Waals surface area contributed by atoms with Gasteiger partial charge in [-0.05, 0) is 58.1 Å². The first kappa shape index (κ1) is 24.3. The lowest BCUT2D eigenvalue weighted by atomic mass is 9.82. The van der Waals surface area contributed by atoms with Gasteiger partial charge in [-0.25, -0.2) is 9.97 Å². The summed E-state index contributed by atoms with van der Waals surface area (Å²) in [5.74, 6) is 0.693. The number of fused-ring (bicyclic) bond motifs is 9. The third kappa shape index (κ3) is 3.38. The first-order chi connectivity index (χ1) is 20.6. The van der Waals surface area contributed by atoms with Crippen LogP contribution in [0.25, 0.3) is 50.0 Å². The van der Waals surface area contributed by atoms with E-state index in [4.69, 9.17) is 9.97 Å². The molecule has 0 fully saturated rings. The minimum absolute atomic E-state index is 0.0693. The molecule has 0 saturated heterocycles. The van der Waals surface area contributed by atoms with E-state index < -0.39 is 0 Å². The van der Waals surface area contributed by atoms with Crippen molar-refractivity contribution in [1.29, 1.82) is 0 Å². The molecule has 0 radical (unpaired) electrons. The Hall–Kier alpha value is -4.32. The number of benzene rings is 5. The molecule has 0 bridgehead atoms. The van der Waals surface area contributed by atoms with Gasteiger partial charge in [0, 0.05) is 48.8 Å². The maximum atomic E-state index is 4.99. The second-order valence-electron chi connectivity index (χ2n) is 11.5. The fraction of sp³-hybridized carbons (Fsp3) is 0.0811. The highest BCUT2D eigenvalue weighted by Crippen LogP contribution is 2.54. The van der Waals surface area contributed by atoms with Gasteiger partial charge in [0.15, 0.2) is 0 Å². The Bertz CT molecular complexity index is 2210. The van der Waals surface area contributed by atoms with Crippen LogP contribution in [0.5, 0.6) is 0 Å². The third-order valence-corrected chi connectivity index (χ3v) is 11.4. The summed E-state index contributed by atoms with van der Waals surface area (Å²) in [7, 11) is 0. The zero-order valence-electron chi connectivity index (χ0n) is 23.1. The SMILES string of the molecule is CC1(C)c2ccccc2-c2cc3c(cc21)c1ccc2c(c1n3-c1ncc(-c3ccccc3)cn1)Sc1ccccc1S2. The molecule has 9 rings (SSSR count). The second-order valence-corrected chi connectivity index (χ2v) is 13.6. The molecular weight excluding hydrogens is 551 g/mol. The van der Waals surface area contributed by atoms with Crippen LogP contribution in [0.4, 0.5) is 0 Å². The average Bonchev–Trinajstić information content (AvgIpc) is 3.48. The van der Waals surface area contributed by atoms with Gasteiger partial charge in [0.05, 0.1) is 15.9 Å². The molecule has 0 atom stereocenters. The van der Waals surface area contributed by atoms with Crippen LogP contribution in [-0.4, -0.2) is 14.5 Å². The molecule has 0 N–H and O–H groups in total. The van der Waals surface area contributed by atoms with Crippen LogP contribution in [0.1, 0.15) is 25.0 Å². The van der Waals surface area contributed by atoms with Crippen LogP contribution < -0.4 is 0 Å². The molecule has 5 aromatic carbocycles. The highest BCUT2D eigenvalue weighted by Gasteiger charge is 2.36. The molecule has 0 unspecified atom stereocenters. The van der Waals surface area contributed by atoms with Crippen molar-refractivity contribution in [3.63, 3.8) is 0 Å². The number of hydrogen-bond acceptors (Lipinski definition) is 4. The molecule has 5 heteroatoms. The van der Waals surface area contributed by atoms with Gasteiger partial charge in [-0.1, -0.05) is 110 Å². The third-order valence-electron chi connectivity index (χ3n) is 8.78. The van der Waals surface area contributed by atoms with Crippen LogP contribution >= 0.6 is 23.5 Å². The van der Waals surface area contributed by atoms with E-state index in [0.29, 0.717) is 5.95 Å². The van der Waals surface area contributed by atoms with Gasteiger partial charge in [0.1, 0.15) is 0 Å². The van der Waals surface area contributed by atoms with Crippen molar-refractivity contribution < 1.29 is 0 Å². The Morgan fingerprint density at radius 1 is 0.595 bits per heavy atom. The first-order valence-electron chi connectivity index (χ1n) is 14.2. The molecule has 2 aromatic heterocycles. The van der Waals surface area contributed by atoms with E-state index in [1.54, 1.807) is 0 Å². The lowest BCUT2D eigenvalue weighted by molar-refractivity contribution is 0.661. The van der Waals surface area contributed by atoms with Gasteiger partial charge in [-0.15, -0.1) is 0 Å². The Balaban J connectivity index is 1.35. The molecule has 3 nitrogen and oxygen atoms in total. The predicted molar refractivity (Wildman–Crippen MR) is 174 cm³/mol. The Labute approximate surface area is 252 Å². The van der Waals surface area contributed by atoms with Crippen molar-refractivity contribution in [3.8, 4) is 28.2 Å². The molecular formula is C37H25N3S2. The van der Waals surface area contributed by atoms with Crippen LogP contribution in [-0.2, 0) is 5.41 Å². The zero-order valence-corrected chi connectivity index (χ0v) is 24.8. The highest BCUT2D eigenvalue weighted by molar-refractivity contribution is 8.05. The van der Waals surface area contributed by atoms with Gasteiger partial charge in [0.25, 0.3) is 0 Å². The van der Waals surface area contributed by atoms with Crippen molar-refractivity contribution in [2.75, 3.05) is 0 Å². The van der Waals surface area contributed by atoms with Crippen molar-refractivity contribution >= 4 is 45.3 Å². The number of nitrogens with zero attached hydrogens (tertiary/aromatic N) is 3. The minimum Gasteiger partial charge on any atom is -0.277 e. The molecule has 42 heavy (non-hydrogen) atoms. The van der Waals surface area contributed by atoms with Crippen molar-refractivity contribution in [3.05, 3.63) is 127 Å². The lowest BCUT2D eigenvalue weighted by Gasteiger charge is -2.21. The van der Waals surface area contributed by atoms with Crippen molar-refractivity contribution in [2.24, 2.45) is 0 Å². The molecule has 0 spiro atoms. The van der Waals surface area contributed by atoms with E-state index >= 15 is 0 Å². The van der Waals surface area contributed by atoms with E-state index in [9.17, 15) is 0 Å². The van der Waals surface area contributed by atoms with Crippen molar-refractivity contribution in [1.82, 2.24) is 14.5 Å². The fourth-order valence-electron chi connectivity index (χ4n) is 6.70. The predicted octanol–water partition coefficient (Wildman–Crippen LogP) is 10.2.